The van der Waals surface area contributed by atoms with Gasteiger partial charge in [0.15, 0.2) is 5.11 Å². The standard InChI is InChI=1S/C24H20ClN3O2S/c25-21-12-5-4-9-18(21)13-14-22(29)28-24(31)27-20-11-6-10-19(16-20)26-23(30)15-17-7-2-1-3-8-17/h1-14,16H,15H2,(H,26,30)(H2,27,28,29,31)/b14-13+. The number of nitrogens with one attached hydrogen (secondary N) is 3. The molecule has 0 aliphatic carbocycles. The highest BCUT2D eigenvalue weighted by Crippen LogP contribution is 2.17. The Bertz CT molecular complexity index is 1120. The lowest BCUT2D eigenvalue weighted by Gasteiger charge is -2.11. The Morgan fingerprint density at radius 1 is 0.871 bits per heavy atom. The third-order valence-corrected chi connectivity index (χ3v) is 4.72. The highest BCUT2D eigenvalue weighted by Gasteiger charge is 2.06. The van der Waals surface area contributed by atoms with Crippen LogP contribution in [0.4, 0.5) is 11.4 Å². The van der Waals surface area contributed by atoms with Crippen molar-refractivity contribution in [3.63, 3.8) is 0 Å². The Morgan fingerprint density at radius 2 is 1.55 bits per heavy atom. The predicted octanol–water partition coefficient (Wildman–Crippen LogP) is 5.05. The van der Waals surface area contributed by atoms with Crippen LogP contribution < -0.4 is 16.0 Å². The second-order valence-electron chi connectivity index (χ2n) is 6.59. The van der Waals surface area contributed by atoms with Crippen LogP contribution in [0.5, 0.6) is 0 Å². The highest BCUT2D eigenvalue weighted by molar-refractivity contribution is 7.80. The molecule has 3 N–H and O–H groups in total. The average molecular weight is 450 g/mol. The summed E-state index contributed by atoms with van der Waals surface area (Å²) in [5.41, 5.74) is 2.93. The van der Waals surface area contributed by atoms with Gasteiger partial charge in [0.2, 0.25) is 11.8 Å². The summed E-state index contributed by atoms with van der Waals surface area (Å²) in [5, 5.41) is 9.06. The van der Waals surface area contributed by atoms with Gasteiger partial charge in [-0.25, -0.2) is 0 Å². The summed E-state index contributed by atoms with van der Waals surface area (Å²) in [5.74, 6) is -0.506. The molecule has 3 aromatic carbocycles. The van der Waals surface area contributed by atoms with Crippen molar-refractivity contribution in [2.75, 3.05) is 10.6 Å². The zero-order valence-electron chi connectivity index (χ0n) is 16.5. The lowest BCUT2D eigenvalue weighted by molar-refractivity contribution is -0.116. The molecule has 7 heteroatoms. The minimum Gasteiger partial charge on any atom is -0.332 e. The van der Waals surface area contributed by atoms with Crippen LogP contribution in [-0.2, 0) is 16.0 Å². The second kappa shape index (κ2) is 11.1. The fraction of sp³-hybridized carbons (Fsp3) is 0.0417. The number of carbonyl (C=O) groups is 2. The van der Waals surface area contributed by atoms with E-state index in [0.717, 1.165) is 11.1 Å². The molecular formula is C24H20ClN3O2S. The molecule has 0 heterocycles. The molecule has 31 heavy (non-hydrogen) atoms. The first-order valence-electron chi connectivity index (χ1n) is 9.48. The first kappa shape index (κ1) is 22.2. The minimum absolute atomic E-state index is 0.121. The van der Waals surface area contributed by atoms with E-state index in [2.05, 4.69) is 16.0 Å². The number of halogens is 1. The molecule has 0 bridgehead atoms. The van der Waals surface area contributed by atoms with Crippen LogP contribution in [0.3, 0.4) is 0 Å². The quantitative estimate of drug-likeness (QED) is 0.364. The Labute approximate surface area is 191 Å². The van der Waals surface area contributed by atoms with Crippen molar-refractivity contribution in [1.82, 2.24) is 5.32 Å². The zero-order valence-corrected chi connectivity index (χ0v) is 18.0. The predicted molar refractivity (Wildman–Crippen MR) is 130 cm³/mol. The molecule has 0 aromatic heterocycles. The van der Waals surface area contributed by atoms with Gasteiger partial charge in [-0.05, 0) is 53.7 Å². The summed E-state index contributed by atoms with van der Waals surface area (Å²) >= 11 is 11.3. The van der Waals surface area contributed by atoms with Crippen molar-refractivity contribution in [3.8, 4) is 0 Å². The van der Waals surface area contributed by atoms with Gasteiger partial charge in [-0.3, -0.25) is 14.9 Å². The lowest BCUT2D eigenvalue weighted by atomic mass is 10.1. The molecule has 3 aromatic rings. The summed E-state index contributed by atoms with van der Waals surface area (Å²) in [6.45, 7) is 0. The normalized spacial score (nSPS) is 10.5. The van der Waals surface area contributed by atoms with Crippen LogP contribution in [0.15, 0.2) is 84.9 Å². The lowest BCUT2D eigenvalue weighted by Crippen LogP contribution is -2.32. The Kier molecular flexibility index (Phi) is 7.92. The number of anilines is 2. The van der Waals surface area contributed by atoms with Gasteiger partial charge in [0, 0.05) is 22.5 Å². The van der Waals surface area contributed by atoms with Gasteiger partial charge >= 0.3 is 0 Å². The van der Waals surface area contributed by atoms with E-state index in [1.807, 2.05) is 42.5 Å². The van der Waals surface area contributed by atoms with Crippen molar-refractivity contribution in [2.45, 2.75) is 6.42 Å². The van der Waals surface area contributed by atoms with Crippen LogP contribution in [0.1, 0.15) is 11.1 Å². The first-order chi connectivity index (χ1) is 15.0. The van der Waals surface area contributed by atoms with Crippen LogP contribution in [0, 0.1) is 0 Å². The van der Waals surface area contributed by atoms with E-state index in [1.54, 1.807) is 42.5 Å². The fourth-order valence-corrected chi connectivity index (χ4v) is 3.17. The van der Waals surface area contributed by atoms with Crippen molar-refractivity contribution < 1.29 is 9.59 Å². The molecule has 0 aliphatic heterocycles. The molecule has 0 radical (unpaired) electrons. The maximum Gasteiger partial charge on any atom is 0.250 e. The van der Waals surface area contributed by atoms with Crippen molar-refractivity contribution in [3.05, 3.63) is 101 Å². The third-order valence-electron chi connectivity index (χ3n) is 4.17. The van der Waals surface area contributed by atoms with Gasteiger partial charge in [0.25, 0.3) is 0 Å². The number of thiocarbonyl (C=S) groups is 1. The van der Waals surface area contributed by atoms with Gasteiger partial charge in [-0.2, -0.15) is 0 Å². The van der Waals surface area contributed by atoms with Crippen LogP contribution in [0.25, 0.3) is 6.08 Å². The SMILES string of the molecule is O=C(/C=C/c1ccccc1Cl)NC(=S)Nc1cccc(NC(=O)Cc2ccccc2)c1. The number of hydrogen-bond acceptors (Lipinski definition) is 3. The molecule has 0 unspecified atom stereocenters. The molecule has 156 valence electrons. The van der Waals surface area contributed by atoms with E-state index in [1.165, 1.54) is 6.08 Å². The van der Waals surface area contributed by atoms with E-state index >= 15 is 0 Å². The highest BCUT2D eigenvalue weighted by atomic mass is 35.5. The molecule has 0 atom stereocenters. The van der Waals surface area contributed by atoms with Crippen LogP contribution in [-0.4, -0.2) is 16.9 Å². The molecule has 5 nitrogen and oxygen atoms in total. The zero-order chi connectivity index (χ0) is 22.1. The van der Waals surface area contributed by atoms with E-state index in [9.17, 15) is 9.59 Å². The number of rotatable bonds is 6. The monoisotopic (exact) mass is 449 g/mol. The summed E-state index contributed by atoms with van der Waals surface area (Å²) in [6.07, 6.45) is 3.25. The molecule has 0 saturated heterocycles. The minimum atomic E-state index is -0.385. The van der Waals surface area contributed by atoms with E-state index < -0.39 is 0 Å². The molecular weight excluding hydrogens is 430 g/mol. The second-order valence-corrected chi connectivity index (χ2v) is 7.41. The molecule has 3 rings (SSSR count). The Morgan fingerprint density at radius 3 is 2.29 bits per heavy atom. The molecule has 0 spiro atoms. The topological polar surface area (TPSA) is 70.2 Å². The largest absolute Gasteiger partial charge is 0.332 e. The van der Waals surface area contributed by atoms with Gasteiger partial charge in [0.1, 0.15) is 0 Å². The van der Waals surface area contributed by atoms with E-state index in [0.29, 0.717) is 16.4 Å². The third kappa shape index (κ3) is 7.37. The van der Waals surface area contributed by atoms with Crippen molar-refractivity contribution in [1.29, 1.82) is 0 Å². The number of carbonyl (C=O) groups excluding carboxylic acids is 2. The Hall–Kier alpha value is -3.48. The summed E-state index contributed by atoms with van der Waals surface area (Å²) in [7, 11) is 0. The smallest absolute Gasteiger partial charge is 0.250 e. The maximum atomic E-state index is 12.2. The number of benzene rings is 3. The Balaban J connectivity index is 1.52. The summed E-state index contributed by atoms with van der Waals surface area (Å²) in [4.78, 5) is 24.3. The summed E-state index contributed by atoms with van der Waals surface area (Å²) in [6, 6.07) is 23.8. The molecule has 0 fully saturated rings. The van der Waals surface area contributed by atoms with Gasteiger partial charge < -0.3 is 10.6 Å². The summed E-state index contributed by atoms with van der Waals surface area (Å²) < 4.78 is 0. The van der Waals surface area contributed by atoms with Gasteiger partial charge in [0.05, 0.1) is 6.42 Å². The molecule has 2 amide bonds. The molecule has 0 aliphatic rings. The van der Waals surface area contributed by atoms with Gasteiger partial charge in [-0.15, -0.1) is 0 Å². The molecule has 0 saturated carbocycles. The van der Waals surface area contributed by atoms with Crippen molar-refractivity contribution in [2.24, 2.45) is 0 Å². The first-order valence-corrected chi connectivity index (χ1v) is 10.3. The number of amides is 2. The van der Waals surface area contributed by atoms with Crippen LogP contribution in [0.2, 0.25) is 5.02 Å². The van der Waals surface area contributed by atoms with E-state index in [-0.39, 0.29) is 23.3 Å². The van der Waals surface area contributed by atoms with E-state index in [4.69, 9.17) is 23.8 Å². The van der Waals surface area contributed by atoms with Gasteiger partial charge in [-0.1, -0.05) is 66.2 Å². The van der Waals surface area contributed by atoms with Crippen LogP contribution >= 0.6 is 23.8 Å². The van der Waals surface area contributed by atoms with Crippen molar-refractivity contribution >= 4 is 58.2 Å². The maximum absolute atomic E-state index is 12.2. The fourth-order valence-electron chi connectivity index (χ4n) is 2.75. The number of hydrogen-bond donors (Lipinski definition) is 3. The average Bonchev–Trinajstić information content (AvgIpc) is 2.74.